The summed E-state index contributed by atoms with van der Waals surface area (Å²) in [7, 11) is 0. The van der Waals surface area contributed by atoms with Crippen molar-refractivity contribution in [3.63, 3.8) is 0 Å². The van der Waals surface area contributed by atoms with Crippen molar-refractivity contribution in [3.8, 4) is 0 Å². The standard InChI is InChI=1S/C15H16ClN7O2/c1-11-17-9-15(23(24)25)22(11)7-6-21-10-12(19-20-21)8-18-14-5-3-2-4-13(14)16/h2-5,9-10,18H,6-8H2,1H3. The first-order valence-electron chi connectivity index (χ1n) is 7.58. The molecule has 9 nitrogen and oxygen atoms in total. The lowest BCUT2D eigenvalue weighted by molar-refractivity contribution is -0.392. The van der Waals surface area contributed by atoms with E-state index in [9.17, 15) is 10.1 Å². The lowest BCUT2D eigenvalue weighted by Crippen LogP contribution is -2.11. The summed E-state index contributed by atoms with van der Waals surface area (Å²) in [6, 6.07) is 7.45. The van der Waals surface area contributed by atoms with E-state index in [1.54, 1.807) is 28.4 Å². The van der Waals surface area contributed by atoms with Crippen molar-refractivity contribution in [2.45, 2.75) is 26.6 Å². The number of aromatic nitrogens is 5. The Bertz CT molecular complexity index is 890. The molecule has 0 aliphatic heterocycles. The van der Waals surface area contributed by atoms with Crippen molar-refractivity contribution in [3.05, 3.63) is 63.3 Å². The van der Waals surface area contributed by atoms with Gasteiger partial charge in [0.25, 0.3) is 0 Å². The Morgan fingerprint density at radius 3 is 2.88 bits per heavy atom. The molecule has 10 heteroatoms. The van der Waals surface area contributed by atoms with Crippen molar-refractivity contribution in [2.75, 3.05) is 5.32 Å². The molecule has 0 saturated carbocycles. The number of nitrogens with one attached hydrogen (secondary N) is 1. The Hall–Kier alpha value is -2.94. The van der Waals surface area contributed by atoms with Gasteiger partial charge in [0.05, 0.1) is 30.0 Å². The quantitative estimate of drug-likeness (QED) is 0.512. The molecular weight excluding hydrogens is 346 g/mol. The van der Waals surface area contributed by atoms with Crippen LogP contribution in [0.2, 0.25) is 5.02 Å². The lowest BCUT2D eigenvalue weighted by atomic mass is 10.3. The summed E-state index contributed by atoms with van der Waals surface area (Å²) in [5.74, 6) is 0.561. The van der Waals surface area contributed by atoms with Crippen LogP contribution in [0, 0.1) is 17.0 Å². The van der Waals surface area contributed by atoms with Crippen LogP contribution in [-0.4, -0.2) is 29.5 Å². The number of para-hydroxylation sites is 1. The monoisotopic (exact) mass is 361 g/mol. The van der Waals surface area contributed by atoms with Crippen molar-refractivity contribution in [1.82, 2.24) is 24.5 Å². The number of benzene rings is 1. The first kappa shape index (κ1) is 16.9. The molecule has 3 rings (SSSR count). The number of aryl methyl sites for hydroxylation is 2. The van der Waals surface area contributed by atoms with Gasteiger partial charge in [-0.3, -0.25) is 0 Å². The van der Waals surface area contributed by atoms with Crippen LogP contribution < -0.4 is 5.32 Å². The summed E-state index contributed by atoms with van der Waals surface area (Å²) in [5, 5.41) is 23.0. The molecule has 25 heavy (non-hydrogen) atoms. The molecule has 3 aromatic rings. The van der Waals surface area contributed by atoms with E-state index in [2.05, 4.69) is 20.6 Å². The lowest BCUT2D eigenvalue weighted by Gasteiger charge is -2.05. The van der Waals surface area contributed by atoms with Gasteiger partial charge in [0.1, 0.15) is 18.4 Å². The van der Waals surface area contributed by atoms with Gasteiger partial charge in [0.2, 0.25) is 0 Å². The Balaban J connectivity index is 1.60. The van der Waals surface area contributed by atoms with Crippen molar-refractivity contribution >= 4 is 23.1 Å². The maximum Gasteiger partial charge on any atom is 0.342 e. The van der Waals surface area contributed by atoms with E-state index >= 15 is 0 Å². The molecule has 1 aromatic carbocycles. The fourth-order valence-electron chi connectivity index (χ4n) is 2.40. The van der Waals surface area contributed by atoms with E-state index in [1.165, 1.54) is 6.20 Å². The second-order valence-electron chi connectivity index (χ2n) is 5.38. The Morgan fingerprint density at radius 1 is 1.32 bits per heavy atom. The molecule has 0 bridgehead atoms. The third kappa shape index (κ3) is 3.94. The second-order valence-corrected chi connectivity index (χ2v) is 5.79. The molecule has 130 valence electrons. The highest BCUT2D eigenvalue weighted by Gasteiger charge is 2.17. The Labute approximate surface area is 148 Å². The first-order chi connectivity index (χ1) is 12.0. The molecule has 0 aliphatic carbocycles. The maximum atomic E-state index is 11.0. The zero-order valence-corrected chi connectivity index (χ0v) is 14.2. The number of nitro groups is 1. The van der Waals surface area contributed by atoms with E-state index < -0.39 is 4.92 Å². The Morgan fingerprint density at radius 2 is 2.12 bits per heavy atom. The van der Waals surface area contributed by atoms with Gasteiger partial charge < -0.3 is 15.4 Å². The van der Waals surface area contributed by atoms with Crippen molar-refractivity contribution < 1.29 is 4.92 Å². The predicted molar refractivity (Wildman–Crippen MR) is 92.4 cm³/mol. The number of nitrogens with zero attached hydrogens (tertiary/aromatic N) is 6. The zero-order valence-electron chi connectivity index (χ0n) is 13.5. The summed E-state index contributed by atoms with van der Waals surface area (Å²) in [5.41, 5.74) is 1.57. The normalized spacial score (nSPS) is 10.8. The second kappa shape index (κ2) is 7.31. The molecule has 0 fully saturated rings. The zero-order chi connectivity index (χ0) is 17.8. The molecule has 0 atom stereocenters. The summed E-state index contributed by atoms with van der Waals surface area (Å²) >= 11 is 6.09. The topological polar surface area (TPSA) is 104 Å². The maximum absolute atomic E-state index is 11.0. The van der Waals surface area contributed by atoms with Crippen molar-refractivity contribution in [1.29, 1.82) is 0 Å². The highest BCUT2D eigenvalue weighted by molar-refractivity contribution is 6.33. The largest absolute Gasteiger partial charge is 0.378 e. The molecule has 0 unspecified atom stereocenters. The Kier molecular flexibility index (Phi) is 4.94. The number of hydrogen-bond donors (Lipinski definition) is 1. The average molecular weight is 362 g/mol. The van der Waals surface area contributed by atoms with Crippen LogP contribution in [0.25, 0.3) is 0 Å². The van der Waals surface area contributed by atoms with Gasteiger partial charge in [-0.15, -0.1) is 5.10 Å². The summed E-state index contributed by atoms with van der Waals surface area (Å²) in [6.45, 7) is 3.06. The fourth-order valence-corrected chi connectivity index (χ4v) is 2.60. The summed E-state index contributed by atoms with van der Waals surface area (Å²) in [4.78, 5) is 14.5. The minimum Gasteiger partial charge on any atom is -0.378 e. The van der Waals surface area contributed by atoms with E-state index in [4.69, 9.17) is 11.6 Å². The van der Waals surface area contributed by atoms with E-state index in [1.807, 2.05) is 18.2 Å². The molecule has 0 aliphatic rings. The van der Waals surface area contributed by atoms with Gasteiger partial charge in [-0.1, -0.05) is 28.9 Å². The van der Waals surface area contributed by atoms with Gasteiger partial charge in [-0.25, -0.2) is 14.2 Å². The molecule has 2 aromatic heterocycles. The summed E-state index contributed by atoms with van der Waals surface area (Å²) in [6.07, 6.45) is 3.05. The van der Waals surface area contributed by atoms with Gasteiger partial charge >= 0.3 is 5.82 Å². The highest BCUT2D eigenvalue weighted by Crippen LogP contribution is 2.20. The van der Waals surface area contributed by atoms with Crippen LogP contribution in [0.1, 0.15) is 11.5 Å². The molecule has 0 radical (unpaired) electrons. The van der Waals surface area contributed by atoms with Crippen LogP contribution in [0.5, 0.6) is 0 Å². The number of halogens is 1. The minimum atomic E-state index is -0.444. The third-order valence-corrected chi connectivity index (χ3v) is 4.02. The van der Waals surface area contributed by atoms with E-state index in [-0.39, 0.29) is 5.82 Å². The van der Waals surface area contributed by atoms with Crippen LogP contribution >= 0.6 is 11.6 Å². The van der Waals surface area contributed by atoms with E-state index in [0.29, 0.717) is 30.5 Å². The molecule has 0 saturated heterocycles. The van der Waals surface area contributed by atoms with Crippen LogP contribution in [-0.2, 0) is 19.6 Å². The van der Waals surface area contributed by atoms with Gasteiger partial charge in [-0.05, 0) is 17.1 Å². The average Bonchev–Trinajstić information content (AvgIpc) is 3.18. The number of anilines is 1. The molecule has 0 amide bonds. The van der Waals surface area contributed by atoms with Gasteiger partial charge in [-0.2, -0.15) is 0 Å². The highest BCUT2D eigenvalue weighted by atomic mass is 35.5. The number of hydrogen-bond acceptors (Lipinski definition) is 6. The molecule has 1 N–H and O–H groups in total. The van der Waals surface area contributed by atoms with Crippen LogP contribution in [0.15, 0.2) is 36.7 Å². The molecule has 2 heterocycles. The van der Waals surface area contributed by atoms with Crippen LogP contribution in [0.3, 0.4) is 0 Å². The number of imidazole rings is 1. The fraction of sp³-hybridized carbons (Fsp3) is 0.267. The van der Waals surface area contributed by atoms with Crippen LogP contribution in [0.4, 0.5) is 11.5 Å². The molecular formula is C15H16ClN7O2. The predicted octanol–water partition coefficient (Wildman–Crippen LogP) is 2.66. The first-order valence-corrected chi connectivity index (χ1v) is 7.96. The summed E-state index contributed by atoms with van der Waals surface area (Å²) < 4.78 is 3.19. The van der Waals surface area contributed by atoms with Gasteiger partial charge in [0, 0.05) is 6.92 Å². The van der Waals surface area contributed by atoms with Crippen molar-refractivity contribution in [2.24, 2.45) is 0 Å². The minimum absolute atomic E-state index is 0.0294. The van der Waals surface area contributed by atoms with E-state index in [0.717, 1.165) is 11.4 Å². The number of rotatable bonds is 7. The third-order valence-electron chi connectivity index (χ3n) is 3.69. The smallest absolute Gasteiger partial charge is 0.342 e. The SMILES string of the molecule is Cc1ncc([N+](=O)[O-])n1CCn1cc(CNc2ccccc2Cl)nn1. The van der Waals surface area contributed by atoms with Gasteiger partial charge in [0.15, 0.2) is 5.82 Å². The molecule has 0 spiro atoms.